The molecule has 10 aromatic rings. The fourth-order valence-corrected chi connectivity index (χ4v) is 8.81. The lowest BCUT2D eigenvalue weighted by Gasteiger charge is -2.27. The Balaban J connectivity index is 1.08. The van der Waals surface area contributed by atoms with Gasteiger partial charge >= 0.3 is 0 Å². The van der Waals surface area contributed by atoms with Crippen LogP contribution in [0.2, 0.25) is 0 Å². The zero-order valence-electron chi connectivity index (χ0n) is 27.3. The number of fused-ring (bicyclic) bond motifs is 8. The Kier molecular flexibility index (Phi) is 6.75. The number of nitrogens with zero attached hydrogens (tertiary/aromatic N) is 1. The Labute approximate surface area is 294 Å². The summed E-state index contributed by atoms with van der Waals surface area (Å²) in [6.45, 7) is 0. The summed E-state index contributed by atoms with van der Waals surface area (Å²) in [5.41, 5.74) is 8.22. The Morgan fingerprint density at radius 3 is 1.72 bits per heavy atom. The van der Waals surface area contributed by atoms with E-state index >= 15 is 0 Å². The zero-order valence-corrected chi connectivity index (χ0v) is 28.1. The summed E-state index contributed by atoms with van der Waals surface area (Å²) in [4.78, 5) is 2.38. The maximum absolute atomic E-state index is 2.38. The third-order valence-electron chi connectivity index (χ3n) is 10.0. The first kappa shape index (κ1) is 28.8. The molecule has 0 N–H and O–H groups in total. The van der Waals surface area contributed by atoms with Crippen LogP contribution in [0.4, 0.5) is 17.1 Å². The maximum Gasteiger partial charge on any atom is 0.0468 e. The van der Waals surface area contributed by atoms with E-state index in [4.69, 9.17) is 0 Å². The van der Waals surface area contributed by atoms with Gasteiger partial charge in [-0.25, -0.2) is 0 Å². The van der Waals surface area contributed by atoms with Crippen LogP contribution >= 0.6 is 11.3 Å². The second-order valence-electron chi connectivity index (χ2n) is 13.0. The van der Waals surface area contributed by atoms with Crippen LogP contribution in [0.3, 0.4) is 0 Å². The topological polar surface area (TPSA) is 3.24 Å². The average Bonchev–Trinajstić information content (AvgIpc) is 3.57. The molecule has 0 amide bonds. The Bertz CT molecular complexity index is 2870. The highest BCUT2D eigenvalue weighted by atomic mass is 32.1. The van der Waals surface area contributed by atoms with Gasteiger partial charge in [-0.1, -0.05) is 146 Å². The lowest BCUT2D eigenvalue weighted by Crippen LogP contribution is -2.10. The largest absolute Gasteiger partial charge is 0.310 e. The van der Waals surface area contributed by atoms with Gasteiger partial charge in [0, 0.05) is 37.2 Å². The molecular formula is C48H31NS. The van der Waals surface area contributed by atoms with E-state index in [0.29, 0.717) is 0 Å². The molecule has 10 rings (SSSR count). The highest BCUT2D eigenvalue weighted by Gasteiger charge is 2.16. The fraction of sp³-hybridized carbons (Fsp3) is 0. The molecule has 0 spiro atoms. The molecule has 0 fully saturated rings. The summed E-state index contributed by atoms with van der Waals surface area (Å²) in [6, 6.07) is 68.7. The highest BCUT2D eigenvalue weighted by Crippen LogP contribution is 2.42. The Morgan fingerprint density at radius 2 is 0.860 bits per heavy atom. The molecular weight excluding hydrogens is 623 g/mol. The summed E-state index contributed by atoms with van der Waals surface area (Å²) in [5, 5.41) is 10.3. The molecule has 50 heavy (non-hydrogen) atoms. The minimum absolute atomic E-state index is 1.12. The molecule has 2 heteroatoms. The first-order valence-corrected chi connectivity index (χ1v) is 17.9. The second-order valence-corrected chi connectivity index (χ2v) is 14.0. The Hall–Kier alpha value is -6.22. The normalized spacial score (nSPS) is 11.6. The highest BCUT2D eigenvalue weighted by molar-refractivity contribution is 7.26. The quantitative estimate of drug-likeness (QED) is 0.167. The van der Waals surface area contributed by atoms with Crippen molar-refractivity contribution >= 4 is 80.9 Å². The van der Waals surface area contributed by atoms with E-state index in [1.165, 1.54) is 74.7 Å². The monoisotopic (exact) mass is 653 g/mol. The SMILES string of the molecule is c1ccc(-c2cccc(N(c3ccc(-c4ccc5c(c4)sc4c6ccccc6ccc54)cc3)c3ccc4c(ccc5ccccc54)c3)c2)cc1. The standard InChI is InChI=1S/C48H31NS/c1-2-9-32(10-3-1)36-13-8-14-40(29-36)49(41-25-28-43-38(30-41)18-17-34-11-4-6-15-42(34)43)39-23-19-33(20-24-39)37-22-26-45-46-27-21-35-12-5-7-16-44(35)48(46)50-47(45)31-37/h1-31H. The molecule has 1 aromatic heterocycles. The van der Waals surface area contributed by atoms with E-state index in [-0.39, 0.29) is 0 Å². The first-order valence-electron chi connectivity index (χ1n) is 17.1. The molecule has 1 heterocycles. The molecule has 0 saturated heterocycles. The van der Waals surface area contributed by atoms with Crippen LogP contribution in [-0.4, -0.2) is 0 Å². The molecule has 1 nitrogen and oxygen atoms in total. The molecule has 0 radical (unpaired) electrons. The number of anilines is 3. The molecule has 0 saturated carbocycles. The van der Waals surface area contributed by atoms with Gasteiger partial charge in [0.15, 0.2) is 0 Å². The van der Waals surface area contributed by atoms with Crippen LogP contribution in [0, 0.1) is 0 Å². The maximum atomic E-state index is 2.38. The average molecular weight is 654 g/mol. The first-order chi connectivity index (χ1) is 24.8. The second kappa shape index (κ2) is 11.7. The van der Waals surface area contributed by atoms with Crippen molar-refractivity contribution < 1.29 is 0 Å². The third kappa shape index (κ3) is 4.84. The van der Waals surface area contributed by atoms with Gasteiger partial charge in [-0.05, 0) is 97.0 Å². The number of benzene rings is 9. The number of hydrogen-bond donors (Lipinski definition) is 0. The molecule has 9 aromatic carbocycles. The molecule has 0 aliphatic rings. The number of hydrogen-bond acceptors (Lipinski definition) is 2. The van der Waals surface area contributed by atoms with Gasteiger partial charge in [-0.2, -0.15) is 0 Å². The van der Waals surface area contributed by atoms with E-state index in [2.05, 4.69) is 193 Å². The van der Waals surface area contributed by atoms with Gasteiger partial charge in [-0.15, -0.1) is 11.3 Å². The lowest BCUT2D eigenvalue weighted by atomic mass is 10.00. The van der Waals surface area contributed by atoms with E-state index in [0.717, 1.165) is 17.1 Å². The van der Waals surface area contributed by atoms with E-state index in [1.807, 2.05) is 11.3 Å². The van der Waals surface area contributed by atoms with Crippen molar-refractivity contribution in [2.75, 3.05) is 4.90 Å². The molecule has 0 unspecified atom stereocenters. The molecule has 0 aliphatic heterocycles. The zero-order chi connectivity index (χ0) is 33.0. The van der Waals surface area contributed by atoms with Gasteiger partial charge in [0.25, 0.3) is 0 Å². The fourth-order valence-electron chi connectivity index (χ4n) is 7.53. The van der Waals surface area contributed by atoms with E-state index in [9.17, 15) is 0 Å². The van der Waals surface area contributed by atoms with Crippen LogP contribution in [-0.2, 0) is 0 Å². The minimum atomic E-state index is 1.12. The number of rotatable bonds is 5. The van der Waals surface area contributed by atoms with Crippen molar-refractivity contribution in [3.05, 3.63) is 188 Å². The van der Waals surface area contributed by atoms with Crippen LogP contribution in [0.25, 0.3) is 74.7 Å². The molecule has 234 valence electrons. The van der Waals surface area contributed by atoms with Crippen molar-refractivity contribution in [2.45, 2.75) is 0 Å². The van der Waals surface area contributed by atoms with Crippen molar-refractivity contribution in [3.8, 4) is 22.3 Å². The van der Waals surface area contributed by atoms with Gasteiger partial charge in [0.1, 0.15) is 0 Å². The lowest BCUT2D eigenvalue weighted by molar-refractivity contribution is 1.29. The summed E-state index contributed by atoms with van der Waals surface area (Å²) in [5.74, 6) is 0. The van der Waals surface area contributed by atoms with E-state index < -0.39 is 0 Å². The summed E-state index contributed by atoms with van der Waals surface area (Å²) in [6.07, 6.45) is 0. The smallest absolute Gasteiger partial charge is 0.0468 e. The molecule has 0 atom stereocenters. The van der Waals surface area contributed by atoms with Gasteiger partial charge in [0.2, 0.25) is 0 Å². The van der Waals surface area contributed by atoms with Crippen LogP contribution < -0.4 is 4.90 Å². The summed E-state index contributed by atoms with van der Waals surface area (Å²) in [7, 11) is 0. The van der Waals surface area contributed by atoms with Crippen LogP contribution in [0.1, 0.15) is 0 Å². The van der Waals surface area contributed by atoms with Gasteiger partial charge in [0.05, 0.1) is 0 Å². The van der Waals surface area contributed by atoms with Gasteiger partial charge < -0.3 is 4.90 Å². The molecule has 0 bridgehead atoms. The Morgan fingerprint density at radius 1 is 0.300 bits per heavy atom. The van der Waals surface area contributed by atoms with E-state index in [1.54, 1.807) is 0 Å². The summed E-state index contributed by atoms with van der Waals surface area (Å²) >= 11 is 1.90. The summed E-state index contributed by atoms with van der Waals surface area (Å²) < 4.78 is 2.68. The van der Waals surface area contributed by atoms with Crippen molar-refractivity contribution in [1.82, 2.24) is 0 Å². The van der Waals surface area contributed by atoms with Crippen LogP contribution in [0.5, 0.6) is 0 Å². The van der Waals surface area contributed by atoms with Crippen molar-refractivity contribution in [1.29, 1.82) is 0 Å². The predicted molar refractivity (Wildman–Crippen MR) is 217 cm³/mol. The third-order valence-corrected chi connectivity index (χ3v) is 11.2. The van der Waals surface area contributed by atoms with Crippen LogP contribution in [0.15, 0.2) is 188 Å². The van der Waals surface area contributed by atoms with Crippen molar-refractivity contribution in [3.63, 3.8) is 0 Å². The predicted octanol–water partition coefficient (Wildman–Crippen LogP) is 14.3. The van der Waals surface area contributed by atoms with Gasteiger partial charge in [-0.3, -0.25) is 0 Å². The molecule has 0 aliphatic carbocycles. The minimum Gasteiger partial charge on any atom is -0.310 e. The van der Waals surface area contributed by atoms with Crippen molar-refractivity contribution in [2.24, 2.45) is 0 Å². The number of thiophene rings is 1.